The molecule has 0 radical (unpaired) electrons. The zero-order valence-corrected chi connectivity index (χ0v) is 11.4. The normalized spacial score (nSPS) is 10.3. The number of benzene rings is 2. The molecule has 0 bridgehead atoms. The minimum atomic E-state index is -0.137. The molecule has 0 atom stereocenters. The van der Waals surface area contributed by atoms with Gasteiger partial charge in [0.1, 0.15) is 0 Å². The van der Waals surface area contributed by atoms with E-state index in [1.54, 1.807) is 6.07 Å². The number of amides is 1. The molecule has 0 aliphatic heterocycles. The Labute approximate surface area is 113 Å². The molecule has 0 heterocycles. The molecule has 2 rings (SSSR count). The Morgan fingerprint density at radius 2 is 1.74 bits per heavy atom. The molecule has 0 saturated carbocycles. The van der Waals surface area contributed by atoms with Crippen LogP contribution >= 0.6 is 0 Å². The number of nitrogens with two attached hydrogens (primary N) is 1. The van der Waals surface area contributed by atoms with Crippen molar-refractivity contribution in [2.45, 2.75) is 20.8 Å². The number of carbonyl (C=O) groups excluding carboxylic acids is 1. The highest BCUT2D eigenvalue weighted by molar-refractivity contribution is 6.05. The van der Waals surface area contributed by atoms with E-state index >= 15 is 0 Å². The molecule has 0 aliphatic rings. The molecule has 0 unspecified atom stereocenters. The summed E-state index contributed by atoms with van der Waals surface area (Å²) in [6, 6.07) is 11.3. The Balaban J connectivity index is 2.25. The maximum atomic E-state index is 12.2. The summed E-state index contributed by atoms with van der Waals surface area (Å²) in [5.74, 6) is -0.137. The van der Waals surface area contributed by atoms with Crippen molar-refractivity contribution in [1.29, 1.82) is 0 Å². The van der Waals surface area contributed by atoms with Gasteiger partial charge in [-0.1, -0.05) is 17.7 Å². The molecular formula is C16H18N2O. The third kappa shape index (κ3) is 3.13. The first-order valence-electron chi connectivity index (χ1n) is 6.21. The Hall–Kier alpha value is -2.29. The molecule has 0 fully saturated rings. The summed E-state index contributed by atoms with van der Waals surface area (Å²) in [5, 5.41) is 2.91. The molecule has 2 aromatic carbocycles. The van der Waals surface area contributed by atoms with Crippen molar-refractivity contribution in [2.24, 2.45) is 0 Å². The fourth-order valence-electron chi connectivity index (χ4n) is 2.09. The molecule has 0 saturated heterocycles. The van der Waals surface area contributed by atoms with E-state index in [-0.39, 0.29) is 5.91 Å². The first kappa shape index (κ1) is 13.1. The Bertz CT molecular complexity index is 612. The lowest BCUT2D eigenvalue weighted by atomic mass is 10.1. The molecular weight excluding hydrogens is 236 g/mol. The summed E-state index contributed by atoms with van der Waals surface area (Å²) in [4.78, 5) is 12.2. The van der Waals surface area contributed by atoms with Crippen LogP contribution < -0.4 is 11.1 Å². The van der Waals surface area contributed by atoms with Crippen LogP contribution in [0.1, 0.15) is 27.0 Å². The first-order valence-corrected chi connectivity index (χ1v) is 6.21. The van der Waals surface area contributed by atoms with Crippen molar-refractivity contribution in [3.63, 3.8) is 0 Å². The van der Waals surface area contributed by atoms with E-state index in [4.69, 9.17) is 5.73 Å². The van der Waals surface area contributed by atoms with Gasteiger partial charge in [0.15, 0.2) is 0 Å². The van der Waals surface area contributed by atoms with Crippen LogP contribution in [0.2, 0.25) is 0 Å². The predicted octanol–water partition coefficient (Wildman–Crippen LogP) is 3.45. The van der Waals surface area contributed by atoms with E-state index < -0.39 is 0 Å². The van der Waals surface area contributed by atoms with E-state index in [1.165, 1.54) is 5.56 Å². The van der Waals surface area contributed by atoms with Gasteiger partial charge in [-0.3, -0.25) is 4.79 Å². The second kappa shape index (κ2) is 5.14. The fourth-order valence-corrected chi connectivity index (χ4v) is 2.09. The van der Waals surface area contributed by atoms with Crippen LogP contribution in [0.4, 0.5) is 11.4 Å². The van der Waals surface area contributed by atoms with E-state index in [2.05, 4.69) is 5.32 Å². The standard InChI is InChI=1S/C16H18N2O/c1-10-4-5-15(12(3)6-10)18-16(19)13-7-11(2)8-14(17)9-13/h4-9H,17H2,1-3H3,(H,18,19). The maximum absolute atomic E-state index is 12.2. The molecule has 3 nitrogen and oxygen atoms in total. The largest absolute Gasteiger partial charge is 0.399 e. The van der Waals surface area contributed by atoms with Gasteiger partial charge in [-0.05, 0) is 56.2 Å². The molecule has 2 aromatic rings. The summed E-state index contributed by atoms with van der Waals surface area (Å²) < 4.78 is 0. The number of aryl methyl sites for hydroxylation is 3. The van der Waals surface area contributed by atoms with Crippen LogP contribution in [0.5, 0.6) is 0 Å². The van der Waals surface area contributed by atoms with Gasteiger partial charge in [-0.2, -0.15) is 0 Å². The third-order valence-electron chi connectivity index (χ3n) is 2.99. The van der Waals surface area contributed by atoms with Crippen LogP contribution in [-0.2, 0) is 0 Å². The Morgan fingerprint density at radius 3 is 2.37 bits per heavy atom. The third-order valence-corrected chi connectivity index (χ3v) is 2.99. The topological polar surface area (TPSA) is 55.1 Å². The summed E-state index contributed by atoms with van der Waals surface area (Å²) in [6.45, 7) is 5.93. The lowest BCUT2D eigenvalue weighted by Crippen LogP contribution is -2.13. The van der Waals surface area contributed by atoms with Gasteiger partial charge in [0, 0.05) is 16.9 Å². The molecule has 3 heteroatoms. The van der Waals surface area contributed by atoms with Crippen molar-refractivity contribution in [3.8, 4) is 0 Å². The van der Waals surface area contributed by atoms with E-state index in [0.29, 0.717) is 11.3 Å². The van der Waals surface area contributed by atoms with Gasteiger partial charge < -0.3 is 11.1 Å². The average Bonchev–Trinajstić information content (AvgIpc) is 2.31. The Kier molecular flexibility index (Phi) is 3.56. The van der Waals surface area contributed by atoms with Crippen LogP contribution in [0.3, 0.4) is 0 Å². The van der Waals surface area contributed by atoms with Crippen LogP contribution in [-0.4, -0.2) is 5.91 Å². The highest BCUT2D eigenvalue weighted by Gasteiger charge is 2.08. The minimum Gasteiger partial charge on any atom is -0.399 e. The number of anilines is 2. The van der Waals surface area contributed by atoms with Gasteiger partial charge >= 0.3 is 0 Å². The predicted molar refractivity (Wildman–Crippen MR) is 79.5 cm³/mol. The van der Waals surface area contributed by atoms with Crippen molar-refractivity contribution >= 4 is 17.3 Å². The second-order valence-corrected chi connectivity index (χ2v) is 4.90. The van der Waals surface area contributed by atoms with Gasteiger partial charge in [0.05, 0.1) is 0 Å². The average molecular weight is 254 g/mol. The zero-order chi connectivity index (χ0) is 14.0. The van der Waals surface area contributed by atoms with Gasteiger partial charge in [-0.15, -0.1) is 0 Å². The quantitative estimate of drug-likeness (QED) is 0.806. The van der Waals surface area contributed by atoms with Crippen LogP contribution in [0, 0.1) is 20.8 Å². The Morgan fingerprint density at radius 1 is 1.00 bits per heavy atom. The molecule has 0 aliphatic carbocycles. The molecule has 0 aromatic heterocycles. The SMILES string of the molecule is Cc1cc(N)cc(C(=O)Nc2ccc(C)cc2C)c1. The fraction of sp³-hybridized carbons (Fsp3) is 0.188. The number of hydrogen-bond donors (Lipinski definition) is 2. The lowest BCUT2D eigenvalue weighted by molar-refractivity contribution is 0.102. The molecule has 0 spiro atoms. The number of nitrogen functional groups attached to an aromatic ring is 1. The summed E-state index contributed by atoms with van der Waals surface area (Å²) in [7, 11) is 0. The van der Waals surface area contributed by atoms with E-state index in [9.17, 15) is 4.79 Å². The summed E-state index contributed by atoms with van der Waals surface area (Å²) in [5.41, 5.74) is 11.0. The van der Waals surface area contributed by atoms with Gasteiger partial charge in [-0.25, -0.2) is 0 Å². The molecule has 98 valence electrons. The molecule has 3 N–H and O–H groups in total. The van der Waals surface area contributed by atoms with Crippen LogP contribution in [0.25, 0.3) is 0 Å². The van der Waals surface area contributed by atoms with Crippen LogP contribution in [0.15, 0.2) is 36.4 Å². The summed E-state index contributed by atoms with van der Waals surface area (Å²) >= 11 is 0. The summed E-state index contributed by atoms with van der Waals surface area (Å²) in [6.07, 6.45) is 0. The van der Waals surface area contributed by atoms with Crippen molar-refractivity contribution in [1.82, 2.24) is 0 Å². The minimum absolute atomic E-state index is 0.137. The number of nitrogens with one attached hydrogen (secondary N) is 1. The van der Waals surface area contributed by atoms with Crippen molar-refractivity contribution in [2.75, 3.05) is 11.1 Å². The van der Waals surface area contributed by atoms with E-state index in [1.807, 2.05) is 51.1 Å². The monoisotopic (exact) mass is 254 g/mol. The van der Waals surface area contributed by atoms with Gasteiger partial charge in [0.2, 0.25) is 0 Å². The lowest BCUT2D eigenvalue weighted by Gasteiger charge is -2.10. The number of hydrogen-bond acceptors (Lipinski definition) is 2. The van der Waals surface area contributed by atoms with E-state index in [0.717, 1.165) is 16.8 Å². The van der Waals surface area contributed by atoms with Crippen molar-refractivity contribution in [3.05, 3.63) is 58.7 Å². The smallest absolute Gasteiger partial charge is 0.255 e. The maximum Gasteiger partial charge on any atom is 0.255 e. The highest BCUT2D eigenvalue weighted by atomic mass is 16.1. The van der Waals surface area contributed by atoms with Gasteiger partial charge in [0.25, 0.3) is 5.91 Å². The number of rotatable bonds is 2. The molecule has 19 heavy (non-hydrogen) atoms. The highest BCUT2D eigenvalue weighted by Crippen LogP contribution is 2.18. The first-order chi connectivity index (χ1) is 8.95. The number of carbonyl (C=O) groups is 1. The van der Waals surface area contributed by atoms with Crippen molar-refractivity contribution < 1.29 is 4.79 Å². The molecule has 1 amide bonds. The zero-order valence-electron chi connectivity index (χ0n) is 11.4. The second-order valence-electron chi connectivity index (χ2n) is 4.90.